The lowest BCUT2D eigenvalue weighted by atomic mass is 10.0. The first-order valence-corrected chi connectivity index (χ1v) is 7.00. The molecule has 6 nitrogen and oxygen atoms in total. The molecule has 0 atom stereocenters. The molecule has 0 unspecified atom stereocenters. The molecule has 21 heavy (non-hydrogen) atoms. The van der Waals surface area contributed by atoms with E-state index < -0.39 is 0 Å². The van der Waals surface area contributed by atoms with E-state index in [1.165, 1.54) is 6.07 Å². The Kier molecular flexibility index (Phi) is 3.34. The fraction of sp³-hybridized carbons (Fsp3) is 0.0714. The topological polar surface area (TPSA) is 89.6 Å². The van der Waals surface area contributed by atoms with Crippen molar-refractivity contribution in [3.63, 3.8) is 0 Å². The smallest absolute Gasteiger partial charge is 0.264 e. The molecule has 0 spiro atoms. The standard InChI is InChI=1S/C14H12BrN5O/c1-20-14(16)12(8-3-2-4-9(15)7-8)13(19-20)10-5-6-11(21)18-17-10/h2-7H,16H2,1H3,(H,18,21). The maximum atomic E-state index is 11.2. The Morgan fingerprint density at radius 3 is 2.76 bits per heavy atom. The van der Waals surface area contributed by atoms with Crippen molar-refractivity contribution in [1.82, 2.24) is 20.0 Å². The Morgan fingerprint density at radius 1 is 1.29 bits per heavy atom. The molecule has 0 saturated heterocycles. The quantitative estimate of drug-likeness (QED) is 0.744. The van der Waals surface area contributed by atoms with Crippen LogP contribution >= 0.6 is 15.9 Å². The van der Waals surface area contributed by atoms with Crippen LogP contribution in [0.25, 0.3) is 22.5 Å². The van der Waals surface area contributed by atoms with Crippen molar-refractivity contribution in [2.45, 2.75) is 0 Å². The predicted octanol–water partition coefficient (Wildman–Crippen LogP) is 2.18. The Hall–Kier alpha value is -2.41. The number of aromatic amines is 1. The van der Waals surface area contributed by atoms with Crippen LogP contribution in [0, 0.1) is 0 Å². The molecular formula is C14H12BrN5O. The molecule has 0 aliphatic heterocycles. The van der Waals surface area contributed by atoms with E-state index in [2.05, 4.69) is 31.2 Å². The number of hydrogen-bond donors (Lipinski definition) is 2. The van der Waals surface area contributed by atoms with Crippen molar-refractivity contribution in [3.8, 4) is 22.5 Å². The first-order valence-electron chi connectivity index (χ1n) is 6.21. The van der Waals surface area contributed by atoms with Crippen LogP contribution in [0.15, 0.2) is 45.7 Å². The van der Waals surface area contributed by atoms with Gasteiger partial charge in [0.25, 0.3) is 5.56 Å². The molecule has 0 aliphatic rings. The average molecular weight is 346 g/mol. The summed E-state index contributed by atoms with van der Waals surface area (Å²) in [6.45, 7) is 0. The lowest BCUT2D eigenvalue weighted by Crippen LogP contribution is -2.06. The number of rotatable bonds is 2. The predicted molar refractivity (Wildman–Crippen MR) is 84.6 cm³/mol. The minimum atomic E-state index is -0.258. The molecule has 106 valence electrons. The number of benzene rings is 1. The van der Waals surface area contributed by atoms with Crippen molar-refractivity contribution in [2.24, 2.45) is 7.05 Å². The van der Waals surface area contributed by atoms with Gasteiger partial charge in [0.2, 0.25) is 0 Å². The number of nitrogens with two attached hydrogens (primary N) is 1. The molecular weight excluding hydrogens is 334 g/mol. The molecule has 1 aromatic carbocycles. The van der Waals surface area contributed by atoms with Crippen LogP contribution in [0.5, 0.6) is 0 Å². The van der Waals surface area contributed by atoms with Crippen LogP contribution in [0.3, 0.4) is 0 Å². The highest BCUT2D eigenvalue weighted by atomic mass is 79.9. The molecule has 0 saturated carbocycles. The maximum Gasteiger partial charge on any atom is 0.264 e. The molecule has 2 aromatic heterocycles. The largest absolute Gasteiger partial charge is 0.383 e. The number of nitrogen functional groups attached to an aromatic ring is 1. The SMILES string of the molecule is Cn1nc(-c2ccc(=O)[nH]n2)c(-c2cccc(Br)c2)c1N. The van der Waals surface area contributed by atoms with E-state index in [4.69, 9.17) is 5.73 Å². The second-order valence-electron chi connectivity index (χ2n) is 4.55. The summed E-state index contributed by atoms with van der Waals surface area (Å²) in [6.07, 6.45) is 0. The summed E-state index contributed by atoms with van der Waals surface area (Å²) in [4.78, 5) is 11.2. The minimum absolute atomic E-state index is 0.258. The summed E-state index contributed by atoms with van der Waals surface area (Å²) in [7, 11) is 1.77. The summed E-state index contributed by atoms with van der Waals surface area (Å²) < 4.78 is 2.54. The van der Waals surface area contributed by atoms with Gasteiger partial charge in [-0.25, -0.2) is 5.10 Å². The van der Waals surface area contributed by atoms with Crippen molar-refractivity contribution in [1.29, 1.82) is 0 Å². The summed E-state index contributed by atoms with van der Waals surface area (Å²) in [6, 6.07) is 10.8. The summed E-state index contributed by atoms with van der Waals surface area (Å²) in [5, 5.41) is 10.9. The Bertz CT molecular complexity index is 848. The molecule has 0 fully saturated rings. The number of aromatic nitrogens is 4. The van der Waals surface area contributed by atoms with Gasteiger partial charge in [-0.15, -0.1) is 0 Å². The van der Waals surface area contributed by atoms with Gasteiger partial charge in [0.05, 0.1) is 5.56 Å². The highest BCUT2D eigenvalue weighted by molar-refractivity contribution is 9.10. The molecule has 0 bridgehead atoms. The van der Waals surface area contributed by atoms with Crippen LogP contribution in [0.4, 0.5) is 5.82 Å². The highest BCUT2D eigenvalue weighted by Crippen LogP contribution is 2.35. The Balaban J connectivity index is 2.25. The summed E-state index contributed by atoms with van der Waals surface area (Å²) >= 11 is 3.45. The number of H-pyrrole nitrogens is 1. The third-order valence-corrected chi connectivity index (χ3v) is 3.62. The molecule has 3 aromatic rings. The van der Waals surface area contributed by atoms with E-state index in [-0.39, 0.29) is 5.56 Å². The zero-order chi connectivity index (χ0) is 15.0. The van der Waals surface area contributed by atoms with E-state index in [1.807, 2.05) is 24.3 Å². The van der Waals surface area contributed by atoms with Crippen molar-refractivity contribution < 1.29 is 0 Å². The first kappa shape index (κ1) is 13.6. The third-order valence-electron chi connectivity index (χ3n) is 3.13. The van der Waals surface area contributed by atoms with E-state index in [1.54, 1.807) is 17.8 Å². The Morgan fingerprint density at radius 2 is 2.10 bits per heavy atom. The molecule has 3 N–H and O–H groups in total. The molecule has 3 rings (SSSR count). The van der Waals surface area contributed by atoms with E-state index in [9.17, 15) is 4.79 Å². The van der Waals surface area contributed by atoms with Gasteiger partial charge in [-0.1, -0.05) is 28.1 Å². The first-order chi connectivity index (χ1) is 10.1. The van der Waals surface area contributed by atoms with Crippen LogP contribution in [0.1, 0.15) is 0 Å². The lowest BCUT2D eigenvalue weighted by Gasteiger charge is -2.04. The number of hydrogen-bond acceptors (Lipinski definition) is 4. The van der Waals surface area contributed by atoms with Crippen LogP contribution < -0.4 is 11.3 Å². The lowest BCUT2D eigenvalue weighted by molar-refractivity contribution is 0.780. The number of anilines is 1. The second-order valence-corrected chi connectivity index (χ2v) is 5.46. The van der Waals surface area contributed by atoms with Gasteiger partial charge in [-0.3, -0.25) is 9.48 Å². The van der Waals surface area contributed by atoms with Crippen molar-refractivity contribution >= 4 is 21.7 Å². The molecule has 2 heterocycles. The second kappa shape index (κ2) is 5.17. The number of nitrogens with zero attached hydrogens (tertiary/aromatic N) is 3. The zero-order valence-corrected chi connectivity index (χ0v) is 12.8. The van der Waals surface area contributed by atoms with Gasteiger partial charge in [0, 0.05) is 17.6 Å². The Labute approximate surface area is 128 Å². The number of nitrogens with one attached hydrogen (secondary N) is 1. The third kappa shape index (κ3) is 2.47. The minimum Gasteiger partial charge on any atom is -0.383 e. The normalized spacial score (nSPS) is 10.8. The van der Waals surface area contributed by atoms with Crippen molar-refractivity contribution in [2.75, 3.05) is 5.73 Å². The monoisotopic (exact) mass is 345 g/mol. The fourth-order valence-corrected chi connectivity index (χ4v) is 2.52. The van der Waals surface area contributed by atoms with Crippen LogP contribution in [-0.4, -0.2) is 20.0 Å². The summed E-state index contributed by atoms with van der Waals surface area (Å²) in [5.74, 6) is 0.538. The van der Waals surface area contributed by atoms with Gasteiger partial charge in [0.1, 0.15) is 17.2 Å². The van der Waals surface area contributed by atoms with E-state index in [0.717, 1.165) is 15.6 Å². The van der Waals surface area contributed by atoms with Gasteiger partial charge < -0.3 is 5.73 Å². The van der Waals surface area contributed by atoms with E-state index >= 15 is 0 Å². The van der Waals surface area contributed by atoms with Gasteiger partial charge in [-0.05, 0) is 23.8 Å². The summed E-state index contributed by atoms with van der Waals surface area (Å²) in [5.41, 5.74) is 8.79. The van der Waals surface area contributed by atoms with Gasteiger partial charge >= 0.3 is 0 Å². The maximum absolute atomic E-state index is 11.2. The van der Waals surface area contributed by atoms with Crippen LogP contribution in [-0.2, 0) is 7.05 Å². The average Bonchev–Trinajstić information content (AvgIpc) is 2.76. The highest BCUT2D eigenvalue weighted by Gasteiger charge is 2.18. The molecule has 0 amide bonds. The van der Waals surface area contributed by atoms with E-state index in [0.29, 0.717) is 17.2 Å². The number of halogens is 1. The molecule has 0 aliphatic carbocycles. The van der Waals surface area contributed by atoms with Gasteiger partial charge in [-0.2, -0.15) is 10.2 Å². The fourth-order valence-electron chi connectivity index (χ4n) is 2.12. The van der Waals surface area contributed by atoms with Gasteiger partial charge in [0.15, 0.2) is 0 Å². The van der Waals surface area contributed by atoms with Crippen LogP contribution in [0.2, 0.25) is 0 Å². The molecule has 0 radical (unpaired) electrons. The number of aryl methyl sites for hydroxylation is 1. The zero-order valence-electron chi connectivity index (χ0n) is 11.2. The molecule has 7 heteroatoms. The van der Waals surface area contributed by atoms with Crippen molar-refractivity contribution in [3.05, 3.63) is 51.2 Å².